The largest absolute Gasteiger partial charge is 0.426 e. The molecule has 0 heterocycles. The lowest BCUT2D eigenvalue weighted by Gasteiger charge is -2.51. The van der Waals surface area contributed by atoms with Crippen LogP contribution in [0, 0.1) is 41.4 Å². The quantitative estimate of drug-likeness (QED) is 0.279. The lowest BCUT2D eigenvalue weighted by Crippen LogP contribution is -2.67. The molecule has 5 aliphatic carbocycles. The summed E-state index contributed by atoms with van der Waals surface area (Å²) < 4.78 is 92.3. The van der Waals surface area contributed by atoms with E-state index >= 15 is 0 Å². The van der Waals surface area contributed by atoms with Crippen molar-refractivity contribution in [1.29, 1.82) is 0 Å². The standard InChI is InChI=1S/C22H28F6O/c1-2-19(7-3-4-8-19)29-20(21(23,24)25,22(26,27)28)16-11-14-10-15(16)18-13-6-5-12(9-13)17(14)18/h5-6,12-18H,2-4,7-11H2,1H3. The summed E-state index contributed by atoms with van der Waals surface area (Å²) in [4.78, 5) is 0. The van der Waals surface area contributed by atoms with Crippen molar-refractivity contribution in [3.8, 4) is 0 Å². The maximum atomic E-state index is 14.5. The van der Waals surface area contributed by atoms with Crippen molar-refractivity contribution in [3.63, 3.8) is 0 Å². The van der Waals surface area contributed by atoms with Gasteiger partial charge in [-0.05, 0) is 74.0 Å². The Morgan fingerprint density at radius 1 is 0.862 bits per heavy atom. The third-order valence-corrected chi connectivity index (χ3v) is 9.17. The summed E-state index contributed by atoms with van der Waals surface area (Å²) in [5.74, 6) is -1.38. The van der Waals surface area contributed by atoms with E-state index in [0.29, 0.717) is 25.2 Å². The van der Waals surface area contributed by atoms with Crippen LogP contribution in [-0.2, 0) is 4.74 Å². The van der Waals surface area contributed by atoms with Gasteiger partial charge in [-0.25, -0.2) is 0 Å². The highest BCUT2D eigenvalue weighted by Gasteiger charge is 2.81. The van der Waals surface area contributed by atoms with Crippen LogP contribution in [0.1, 0.15) is 58.3 Å². The van der Waals surface area contributed by atoms with Gasteiger partial charge in [0.1, 0.15) is 0 Å². The highest BCUT2D eigenvalue weighted by Crippen LogP contribution is 2.71. The Morgan fingerprint density at radius 2 is 1.45 bits per heavy atom. The Balaban J connectivity index is 1.57. The average Bonchev–Trinajstić information content (AvgIpc) is 3.43. The van der Waals surface area contributed by atoms with Gasteiger partial charge in [-0.1, -0.05) is 31.9 Å². The molecule has 0 N–H and O–H groups in total. The molecule has 0 radical (unpaired) electrons. The van der Waals surface area contributed by atoms with Crippen LogP contribution in [0.4, 0.5) is 26.3 Å². The van der Waals surface area contributed by atoms with E-state index in [9.17, 15) is 26.3 Å². The lowest BCUT2D eigenvalue weighted by atomic mass is 9.64. The molecule has 4 bridgehead atoms. The lowest BCUT2D eigenvalue weighted by molar-refractivity contribution is -0.424. The minimum atomic E-state index is -5.48. The SMILES string of the molecule is CCC1(OC(C2CC3CC2C2C4C=CC(C4)C32)(C(F)(F)F)C(F)(F)F)CCCC1. The zero-order valence-electron chi connectivity index (χ0n) is 16.5. The van der Waals surface area contributed by atoms with Gasteiger partial charge in [0, 0.05) is 5.92 Å². The van der Waals surface area contributed by atoms with Crippen molar-refractivity contribution in [3.05, 3.63) is 12.2 Å². The van der Waals surface area contributed by atoms with E-state index in [1.54, 1.807) is 6.92 Å². The minimum Gasteiger partial charge on any atom is -0.351 e. The number of ether oxygens (including phenoxy) is 1. The molecule has 0 amide bonds. The van der Waals surface area contributed by atoms with Gasteiger partial charge in [-0.3, -0.25) is 0 Å². The number of hydrogen-bond acceptors (Lipinski definition) is 1. The summed E-state index contributed by atoms with van der Waals surface area (Å²) in [6.45, 7) is 1.65. The van der Waals surface area contributed by atoms with Crippen molar-refractivity contribution in [1.82, 2.24) is 0 Å². The second-order valence-electron chi connectivity index (χ2n) is 10.2. The molecule has 29 heavy (non-hydrogen) atoms. The first-order valence-electron chi connectivity index (χ1n) is 11.0. The van der Waals surface area contributed by atoms with Crippen molar-refractivity contribution in [2.45, 2.75) is 81.8 Å². The fourth-order valence-electron chi connectivity index (χ4n) is 8.14. The van der Waals surface area contributed by atoms with Gasteiger partial charge in [0.25, 0.3) is 5.60 Å². The third kappa shape index (κ3) is 2.58. The molecule has 5 rings (SSSR count). The second-order valence-corrected chi connectivity index (χ2v) is 10.2. The Bertz CT molecular complexity index is 674. The Morgan fingerprint density at radius 3 is 2.00 bits per heavy atom. The van der Waals surface area contributed by atoms with E-state index in [0.717, 1.165) is 6.42 Å². The maximum Gasteiger partial charge on any atom is 0.426 e. The van der Waals surface area contributed by atoms with E-state index < -0.39 is 35.4 Å². The summed E-state index contributed by atoms with van der Waals surface area (Å²) in [5, 5.41) is 0. The van der Waals surface area contributed by atoms with Gasteiger partial charge >= 0.3 is 12.4 Å². The average molecular weight is 422 g/mol. The Labute approximate surface area is 167 Å². The molecular formula is C22H28F6O. The number of fused-ring (bicyclic) bond motifs is 9. The Kier molecular flexibility index (Phi) is 4.29. The normalized spacial score (nSPS) is 42.8. The molecule has 0 saturated heterocycles. The van der Waals surface area contributed by atoms with E-state index in [2.05, 4.69) is 6.08 Å². The van der Waals surface area contributed by atoms with Gasteiger partial charge in [0.15, 0.2) is 0 Å². The molecule has 7 heteroatoms. The Hall–Kier alpha value is -0.720. The maximum absolute atomic E-state index is 14.5. The molecule has 0 aromatic rings. The summed E-state index contributed by atoms with van der Waals surface area (Å²) in [7, 11) is 0. The summed E-state index contributed by atoms with van der Waals surface area (Å²) in [6, 6.07) is 0. The summed E-state index contributed by atoms with van der Waals surface area (Å²) in [5.41, 5.74) is -5.36. The van der Waals surface area contributed by atoms with Crippen LogP contribution in [0.3, 0.4) is 0 Å². The molecule has 0 spiro atoms. The van der Waals surface area contributed by atoms with Gasteiger partial charge in [0.2, 0.25) is 0 Å². The number of halogens is 6. The van der Waals surface area contributed by atoms with Gasteiger partial charge < -0.3 is 4.74 Å². The molecule has 1 nitrogen and oxygen atoms in total. The first-order valence-corrected chi connectivity index (χ1v) is 11.0. The van der Waals surface area contributed by atoms with Crippen LogP contribution < -0.4 is 0 Å². The second kappa shape index (κ2) is 6.17. The molecule has 0 aromatic heterocycles. The van der Waals surface area contributed by atoms with E-state index in [-0.39, 0.29) is 49.4 Å². The predicted molar refractivity (Wildman–Crippen MR) is 94.8 cm³/mol. The molecule has 4 saturated carbocycles. The number of hydrogen-bond donors (Lipinski definition) is 0. The molecule has 5 aliphatic rings. The first kappa shape index (κ1) is 20.2. The third-order valence-electron chi connectivity index (χ3n) is 9.17. The molecule has 7 atom stereocenters. The number of allylic oxidation sites excluding steroid dienone is 2. The molecule has 0 aliphatic heterocycles. The van der Waals surface area contributed by atoms with Gasteiger partial charge in [-0.2, -0.15) is 26.3 Å². The molecule has 164 valence electrons. The van der Waals surface area contributed by atoms with E-state index in [4.69, 9.17) is 4.74 Å². The molecule has 7 unspecified atom stereocenters. The topological polar surface area (TPSA) is 9.23 Å². The number of alkyl halides is 6. The van der Waals surface area contributed by atoms with Crippen LogP contribution in [0.15, 0.2) is 12.2 Å². The van der Waals surface area contributed by atoms with Crippen LogP contribution in [0.5, 0.6) is 0 Å². The fraction of sp³-hybridized carbons (Fsp3) is 0.909. The fourth-order valence-corrected chi connectivity index (χ4v) is 8.14. The molecule has 0 aromatic carbocycles. The van der Waals surface area contributed by atoms with E-state index in [1.165, 1.54) is 0 Å². The van der Waals surface area contributed by atoms with Crippen molar-refractivity contribution >= 4 is 0 Å². The zero-order valence-corrected chi connectivity index (χ0v) is 16.5. The minimum absolute atomic E-state index is 0.0122. The monoisotopic (exact) mass is 422 g/mol. The van der Waals surface area contributed by atoms with Crippen molar-refractivity contribution in [2.24, 2.45) is 41.4 Å². The molecular weight excluding hydrogens is 394 g/mol. The van der Waals surface area contributed by atoms with Crippen molar-refractivity contribution < 1.29 is 31.1 Å². The zero-order chi connectivity index (χ0) is 20.8. The van der Waals surface area contributed by atoms with Crippen LogP contribution in [-0.4, -0.2) is 23.6 Å². The van der Waals surface area contributed by atoms with Gasteiger partial charge in [-0.15, -0.1) is 0 Å². The first-order chi connectivity index (χ1) is 13.5. The van der Waals surface area contributed by atoms with E-state index in [1.807, 2.05) is 6.08 Å². The number of rotatable bonds is 4. The summed E-state index contributed by atoms with van der Waals surface area (Å²) >= 11 is 0. The smallest absolute Gasteiger partial charge is 0.351 e. The molecule has 4 fully saturated rings. The van der Waals surface area contributed by atoms with Gasteiger partial charge in [0.05, 0.1) is 5.60 Å². The summed E-state index contributed by atoms with van der Waals surface area (Å²) in [6.07, 6.45) is -3.42. The predicted octanol–water partition coefficient (Wildman–Crippen LogP) is 6.68. The highest BCUT2D eigenvalue weighted by atomic mass is 19.4. The van der Waals surface area contributed by atoms with Crippen LogP contribution in [0.25, 0.3) is 0 Å². The van der Waals surface area contributed by atoms with Crippen LogP contribution in [0.2, 0.25) is 0 Å². The highest BCUT2D eigenvalue weighted by molar-refractivity contribution is 5.23. The van der Waals surface area contributed by atoms with Crippen LogP contribution >= 0.6 is 0 Å². The van der Waals surface area contributed by atoms with Crippen molar-refractivity contribution in [2.75, 3.05) is 0 Å².